The minimum atomic E-state index is 0.0142. The second kappa shape index (κ2) is 11.2. The van der Waals surface area contributed by atoms with E-state index in [1.807, 2.05) is 30.3 Å². The Morgan fingerprint density at radius 3 is 2.68 bits per heavy atom. The molecule has 1 atom stereocenters. The lowest BCUT2D eigenvalue weighted by atomic mass is 10.1. The number of aromatic nitrogens is 2. The molecule has 2 heterocycles. The molecule has 0 saturated carbocycles. The molecule has 8 heteroatoms. The number of nitrogens with one attached hydrogen (secondary N) is 3. The van der Waals surface area contributed by atoms with Gasteiger partial charge in [-0.15, -0.1) is 4.98 Å². The number of nitrogens with zero attached hydrogens (tertiary/aromatic N) is 2. The first-order valence-corrected chi connectivity index (χ1v) is 11.9. The minimum Gasteiger partial charge on any atom is -0.493 e. The number of fused-ring (bicyclic) bond motifs is 1. The molecule has 1 saturated heterocycles. The molecular weight excluding hydrogens is 430 g/mol. The number of carbonyl (C=O) groups excluding carboxylic acids is 1. The van der Waals surface area contributed by atoms with E-state index < -0.39 is 0 Å². The summed E-state index contributed by atoms with van der Waals surface area (Å²) in [5, 5.41) is 7.39. The van der Waals surface area contributed by atoms with E-state index in [9.17, 15) is 4.79 Å². The lowest BCUT2D eigenvalue weighted by molar-refractivity contribution is -0.364. The van der Waals surface area contributed by atoms with E-state index in [0.29, 0.717) is 12.3 Å². The zero-order valence-electron chi connectivity index (χ0n) is 20.1. The van der Waals surface area contributed by atoms with Crippen molar-refractivity contribution in [3.8, 4) is 11.5 Å². The Labute approximate surface area is 200 Å². The van der Waals surface area contributed by atoms with E-state index in [1.165, 1.54) is 5.56 Å². The van der Waals surface area contributed by atoms with Gasteiger partial charge in [0.25, 0.3) is 0 Å². The number of hydrogen-bond donors (Lipinski definition) is 2. The lowest BCUT2D eigenvalue weighted by Crippen LogP contribution is -2.41. The van der Waals surface area contributed by atoms with Gasteiger partial charge in [0.15, 0.2) is 17.0 Å². The second-order valence-corrected chi connectivity index (χ2v) is 8.72. The van der Waals surface area contributed by atoms with Crippen LogP contribution in [0.25, 0.3) is 10.9 Å². The number of aromatic amines is 1. The number of amides is 1. The Morgan fingerprint density at radius 2 is 1.97 bits per heavy atom. The average Bonchev–Trinajstić information content (AvgIpc) is 2.85. The van der Waals surface area contributed by atoms with Crippen LogP contribution in [-0.2, 0) is 4.79 Å². The first kappa shape index (κ1) is 23.8. The highest BCUT2D eigenvalue weighted by atomic mass is 16.5. The summed E-state index contributed by atoms with van der Waals surface area (Å²) in [6.45, 7) is 7.11. The van der Waals surface area contributed by atoms with Crippen LogP contribution >= 0.6 is 0 Å². The molecule has 8 nitrogen and oxygen atoms in total. The Bertz CT molecular complexity index is 1100. The van der Waals surface area contributed by atoms with Gasteiger partial charge < -0.3 is 19.7 Å². The molecule has 0 radical (unpaired) electrons. The zero-order chi connectivity index (χ0) is 23.9. The molecule has 0 unspecified atom stereocenters. The van der Waals surface area contributed by atoms with E-state index in [-0.39, 0.29) is 18.1 Å². The third-order valence-electron chi connectivity index (χ3n) is 6.25. The average molecular weight is 465 g/mol. The van der Waals surface area contributed by atoms with Crippen LogP contribution in [0.4, 0.5) is 5.82 Å². The molecule has 34 heavy (non-hydrogen) atoms. The molecule has 0 spiro atoms. The molecule has 180 valence electrons. The maximum Gasteiger partial charge on any atom is 0.230 e. The smallest absolute Gasteiger partial charge is 0.230 e. The van der Waals surface area contributed by atoms with Crippen molar-refractivity contribution in [2.24, 2.45) is 0 Å². The number of piperidine rings is 1. The van der Waals surface area contributed by atoms with Gasteiger partial charge in [-0.25, -0.2) is 4.98 Å². The summed E-state index contributed by atoms with van der Waals surface area (Å²) in [5.41, 5.74) is 2.04. The monoisotopic (exact) mass is 464 g/mol. The summed E-state index contributed by atoms with van der Waals surface area (Å²) in [6.07, 6.45) is 3.66. The van der Waals surface area contributed by atoms with Gasteiger partial charge in [-0.05, 0) is 25.3 Å². The fraction of sp³-hybridized carbons (Fsp3) is 0.423. The summed E-state index contributed by atoms with van der Waals surface area (Å²) in [5.74, 6) is 2.31. The standard InChI is InChI=1S/C26H33N5O3/c1-18(20-7-5-4-6-8-20)30-26-22-15-25(24(33-3)16-23(22)28-17-29-26)34-21-9-12-31(13-10-21)14-11-27-19(2)32/h4-8,15-18,21H,9-14H2,1-3H3,(H,27,32)(H,28,29,30)/p+1/t18-/m1/s1. The van der Waals surface area contributed by atoms with Crippen molar-refractivity contribution >= 4 is 22.6 Å². The van der Waals surface area contributed by atoms with Gasteiger partial charge in [0.2, 0.25) is 18.1 Å². The molecular formula is C26H34N5O3+. The van der Waals surface area contributed by atoms with Crippen LogP contribution < -0.4 is 25.1 Å². The predicted molar refractivity (Wildman–Crippen MR) is 132 cm³/mol. The van der Waals surface area contributed by atoms with Crippen LogP contribution in [0.2, 0.25) is 0 Å². The third kappa shape index (κ3) is 5.94. The molecule has 4 rings (SSSR count). The molecule has 0 aliphatic carbocycles. The highest BCUT2D eigenvalue weighted by Crippen LogP contribution is 2.35. The molecule has 1 fully saturated rings. The molecule has 2 aromatic carbocycles. The number of benzene rings is 2. The van der Waals surface area contributed by atoms with E-state index >= 15 is 0 Å². The summed E-state index contributed by atoms with van der Waals surface area (Å²) in [6, 6.07) is 14.4. The second-order valence-electron chi connectivity index (χ2n) is 8.72. The molecule has 3 N–H and O–H groups in total. The van der Waals surface area contributed by atoms with Crippen molar-refractivity contribution in [1.82, 2.24) is 15.2 Å². The molecule has 0 bridgehead atoms. The maximum absolute atomic E-state index is 11.1. The molecule has 1 amide bonds. The normalized spacial score (nSPS) is 15.6. The number of methoxy groups -OCH3 is 1. The maximum atomic E-state index is 11.1. The summed E-state index contributed by atoms with van der Waals surface area (Å²) < 4.78 is 12.1. The highest BCUT2D eigenvalue weighted by molar-refractivity contribution is 5.90. The fourth-order valence-electron chi connectivity index (χ4n) is 4.33. The van der Waals surface area contributed by atoms with Gasteiger partial charge in [0, 0.05) is 45.2 Å². The van der Waals surface area contributed by atoms with Crippen LogP contribution in [0.1, 0.15) is 38.3 Å². The number of rotatable bonds is 9. The van der Waals surface area contributed by atoms with Crippen molar-refractivity contribution in [1.29, 1.82) is 0 Å². The SMILES string of the molecule is COc1cc2nc[nH+]c(N[C@H](C)c3ccccc3)c2cc1OC1CCN(CCNC(C)=O)CC1. The van der Waals surface area contributed by atoms with Crippen molar-refractivity contribution in [2.45, 2.75) is 38.8 Å². The minimum absolute atomic E-state index is 0.0142. The molecule has 3 aromatic rings. The zero-order valence-corrected chi connectivity index (χ0v) is 20.1. The van der Waals surface area contributed by atoms with E-state index in [2.05, 4.69) is 44.6 Å². The van der Waals surface area contributed by atoms with Crippen molar-refractivity contribution < 1.29 is 19.3 Å². The van der Waals surface area contributed by atoms with Gasteiger partial charge >= 0.3 is 0 Å². The van der Waals surface area contributed by atoms with Crippen molar-refractivity contribution in [3.63, 3.8) is 0 Å². The quantitative estimate of drug-likeness (QED) is 0.506. The van der Waals surface area contributed by atoms with E-state index in [4.69, 9.17) is 9.47 Å². The fourth-order valence-corrected chi connectivity index (χ4v) is 4.33. The summed E-state index contributed by atoms with van der Waals surface area (Å²) in [4.78, 5) is 21.2. The Morgan fingerprint density at radius 1 is 1.21 bits per heavy atom. The Balaban J connectivity index is 1.47. The lowest BCUT2D eigenvalue weighted by Gasteiger charge is -2.32. The largest absolute Gasteiger partial charge is 0.493 e. The van der Waals surface area contributed by atoms with Crippen LogP contribution in [0.5, 0.6) is 11.5 Å². The van der Waals surface area contributed by atoms with Crippen LogP contribution in [0.15, 0.2) is 48.8 Å². The van der Waals surface area contributed by atoms with Crippen molar-refractivity contribution in [3.05, 3.63) is 54.4 Å². The first-order chi connectivity index (χ1) is 16.5. The third-order valence-corrected chi connectivity index (χ3v) is 6.25. The number of H-pyrrole nitrogens is 1. The van der Waals surface area contributed by atoms with Gasteiger partial charge in [-0.1, -0.05) is 30.3 Å². The van der Waals surface area contributed by atoms with Crippen LogP contribution in [0.3, 0.4) is 0 Å². The first-order valence-electron chi connectivity index (χ1n) is 11.9. The topological polar surface area (TPSA) is 89.9 Å². The Kier molecular flexibility index (Phi) is 7.80. The summed E-state index contributed by atoms with van der Waals surface area (Å²) >= 11 is 0. The van der Waals surface area contributed by atoms with Gasteiger partial charge in [-0.2, -0.15) is 0 Å². The van der Waals surface area contributed by atoms with Crippen LogP contribution in [-0.4, -0.2) is 55.2 Å². The molecule has 1 aliphatic heterocycles. The van der Waals surface area contributed by atoms with Crippen molar-refractivity contribution in [2.75, 3.05) is 38.6 Å². The Hall–Kier alpha value is -3.39. The predicted octanol–water partition coefficient (Wildman–Crippen LogP) is 3.21. The van der Waals surface area contributed by atoms with Gasteiger partial charge in [0.05, 0.1) is 18.5 Å². The number of hydrogen-bond acceptors (Lipinski definition) is 6. The van der Waals surface area contributed by atoms with Gasteiger partial charge in [0.1, 0.15) is 6.10 Å². The van der Waals surface area contributed by atoms with Gasteiger partial charge in [-0.3, -0.25) is 10.1 Å². The highest BCUT2D eigenvalue weighted by Gasteiger charge is 2.23. The van der Waals surface area contributed by atoms with E-state index in [0.717, 1.165) is 54.9 Å². The molecule has 1 aliphatic rings. The number of ether oxygens (including phenoxy) is 2. The number of carbonyl (C=O) groups is 1. The molecule has 1 aromatic heterocycles. The van der Waals surface area contributed by atoms with E-state index in [1.54, 1.807) is 20.4 Å². The van der Waals surface area contributed by atoms with Crippen LogP contribution in [0, 0.1) is 0 Å². The number of anilines is 1. The summed E-state index contributed by atoms with van der Waals surface area (Å²) in [7, 11) is 1.66. The number of likely N-dealkylation sites (tertiary alicyclic amines) is 1.